The lowest BCUT2D eigenvalue weighted by molar-refractivity contribution is 0.473. The van der Waals surface area contributed by atoms with Crippen LogP contribution in [0.2, 0.25) is 0 Å². The first-order chi connectivity index (χ1) is 4.81. The number of alkyl halides is 1. The smallest absolute Gasteiger partial charge is 0.0794 e. The second kappa shape index (κ2) is 6.87. The standard InChI is InChI=1S/C8H13BrO/c1-8(5-7-10)4-2-3-6-9/h4-5,7,10H,2-3,6H2,1H3/b7-5-,8-4+. The van der Waals surface area contributed by atoms with E-state index in [1.807, 2.05) is 6.92 Å². The molecule has 0 atom stereocenters. The lowest BCUT2D eigenvalue weighted by Gasteiger charge is -1.90. The Balaban J connectivity index is 3.47. The number of rotatable bonds is 4. The molecule has 10 heavy (non-hydrogen) atoms. The molecule has 0 amide bonds. The molecule has 0 fully saturated rings. The van der Waals surface area contributed by atoms with Crippen LogP contribution >= 0.6 is 15.9 Å². The van der Waals surface area contributed by atoms with Crippen LogP contribution in [-0.2, 0) is 0 Å². The quantitative estimate of drug-likeness (QED) is 0.323. The Labute approximate surface area is 70.6 Å². The third-order valence-corrected chi connectivity index (χ3v) is 1.70. The monoisotopic (exact) mass is 204 g/mol. The van der Waals surface area contributed by atoms with E-state index in [-0.39, 0.29) is 0 Å². The lowest BCUT2D eigenvalue weighted by atomic mass is 10.2. The number of allylic oxidation sites excluding steroid dienone is 3. The Morgan fingerprint density at radius 2 is 2.30 bits per heavy atom. The molecule has 0 aromatic rings. The van der Waals surface area contributed by atoms with Gasteiger partial charge in [-0.1, -0.05) is 27.6 Å². The third-order valence-electron chi connectivity index (χ3n) is 1.14. The van der Waals surface area contributed by atoms with Crippen molar-refractivity contribution in [2.45, 2.75) is 19.8 Å². The number of unbranched alkanes of at least 4 members (excludes halogenated alkanes) is 1. The summed E-state index contributed by atoms with van der Waals surface area (Å²) in [7, 11) is 0. The fourth-order valence-electron chi connectivity index (χ4n) is 0.592. The van der Waals surface area contributed by atoms with E-state index < -0.39 is 0 Å². The van der Waals surface area contributed by atoms with Gasteiger partial charge < -0.3 is 5.11 Å². The van der Waals surface area contributed by atoms with Crippen LogP contribution in [0, 0.1) is 0 Å². The van der Waals surface area contributed by atoms with Crippen LogP contribution in [0.1, 0.15) is 19.8 Å². The first-order valence-corrected chi connectivity index (χ1v) is 4.47. The second-order valence-corrected chi connectivity index (χ2v) is 2.89. The molecule has 0 aromatic carbocycles. The van der Waals surface area contributed by atoms with Gasteiger partial charge in [-0.3, -0.25) is 0 Å². The van der Waals surface area contributed by atoms with Crippen molar-refractivity contribution in [3.8, 4) is 0 Å². The highest BCUT2D eigenvalue weighted by Gasteiger charge is 1.82. The second-order valence-electron chi connectivity index (χ2n) is 2.10. The Morgan fingerprint density at radius 3 is 2.80 bits per heavy atom. The van der Waals surface area contributed by atoms with Crippen LogP contribution < -0.4 is 0 Å². The summed E-state index contributed by atoms with van der Waals surface area (Å²) in [4.78, 5) is 0. The van der Waals surface area contributed by atoms with Gasteiger partial charge in [0.25, 0.3) is 0 Å². The zero-order valence-electron chi connectivity index (χ0n) is 6.18. The summed E-state index contributed by atoms with van der Waals surface area (Å²) in [6.45, 7) is 1.97. The summed E-state index contributed by atoms with van der Waals surface area (Å²) < 4.78 is 0. The van der Waals surface area contributed by atoms with Gasteiger partial charge >= 0.3 is 0 Å². The SMILES string of the molecule is CC(/C=C\O)=C\CCCBr. The Bertz CT molecular complexity index is 127. The van der Waals surface area contributed by atoms with E-state index in [4.69, 9.17) is 5.11 Å². The summed E-state index contributed by atoms with van der Waals surface area (Å²) >= 11 is 3.34. The molecule has 2 heteroatoms. The molecule has 0 spiro atoms. The van der Waals surface area contributed by atoms with E-state index in [2.05, 4.69) is 22.0 Å². The molecule has 0 aliphatic carbocycles. The summed E-state index contributed by atoms with van der Waals surface area (Å²) in [5, 5.41) is 9.40. The molecule has 0 rings (SSSR count). The lowest BCUT2D eigenvalue weighted by Crippen LogP contribution is -1.73. The van der Waals surface area contributed by atoms with Gasteiger partial charge in [0.05, 0.1) is 6.26 Å². The van der Waals surface area contributed by atoms with Crippen molar-refractivity contribution < 1.29 is 5.11 Å². The van der Waals surface area contributed by atoms with Crippen molar-refractivity contribution in [2.75, 3.05) is 5.33 Å². The van der Waals surface area contributed by atoms with Crippen LogP contribution in [0.25, 0.3) is 0 Å². The van der Waals surface area contributed by atoms with Gasteiger partial charge in [0.15, 0.2) is 0 Å². The van der Waals surface area contributed by atoms with Crippen molar-refractivity contribution in [3.63, 3.8) is 0 Å². The van der Waals surface area contributed by atoms with Gasteiger partial charge in [-0.25, -0.2) is 0 Å². The molecule has 0 radical (unpaired) electrons. The van der Waals surface area contributed by atoms with Crippen molar-refractivity contribution in [3.05, 3.63) is 24.0 Å². The number of aliphatic hydroxyl groups is 1. The first-order valence-electron chi connectivity index (χ1n) is 3.34. The van der Waals surface area contributed by atoms with Gasteiger partial charge in [0.1, 0.15) is 0 Å². The minimum absolute atomic E-state index is 1.04. The number of halogens is 1. The molecule has 0 unspecified atom stereocenters. The first kappa shape index (κ1) is 9.76. The van der Waals surface area contributed by atoms with Gasteiger partial charge in [-0.15, -0.1) is 0 Å². The summed E-state index contributed by atoms with van der Waals surface area (Å²) in [6, 6.07) is 0. The Kier molecular flexibility index (Phi) is 6.71. The largest absolute Gasteiger partial charge is 0.516 e. The molecule has 0 saturated heterocycles. The maximum atomic E-state index is 8.36. The topological polar surface area (TPSA) is 20.2 Å². The van der Waals surface area contributed by atoms with Gasteiger partial charge in [-0.05, 0) is 25.8 Å². The normalized spacial score (nSPS) is 12.8. The van der Waals surface area contributed by atoms with Gasteiger partial charge in [0.2, 0.25) is 0 Å². The molecular formula is C8H13BrO. The van der Waals surface area contributed by atoms with Gasteiger partial charge in [0, 0.05) is 5.33 Å². The maximum Gasteiger partial charge on any atom is 0.0794 e. The average Bonchev–Trinajstić information content (AvgIpc) is 1.89. The molecule has 0 aromatic heterocycles. The van der Waals surface area contributed by atoms with Crippen LogP contribution in [0.3, 0.4) is 0 Å². The molecule has 0 heterocycles. The number of aliphatic hydroxyl groups excluding tert-OH is 1. The van der Waals surface area contributed by atoms with Crippen molar-refractivity contribution >= 4 is 15.9 Å². The molecule has 58 valence electrons. The highest BCUT2D eigenvalue weighted by Crippen LogP contribution is 2.00. The highest BCUT2D eigenvalue weighted by atomic mass is 79.9. The Morgan fingerprint density at radius 1 is 1.60 bits per heavy atom. The molecular weight excluding hydrogens is 192 g/mol. The minimum Gasteiger partial charge on any atom is -0.516 e. The summed E-state index contributed by atoms with van der Waals surface area (Å²) in [5.41, 5.74) is 1.11. The van der Waals surface area contributed by atoms with Crippen molar-refractivity contribution in [2.24, 2.45) is 0 Å². The zero-order chi connectivity index (χ0) is 7.82. The molecule has 0 saturated carbocycles. The predicted octanol–water partition coefficient (Wildman–Crippen LogP) is 3.18. The summed E-state index contributed by atoms with van der Waals surface area (Å²) in [6.07, 6.45) is 7.08. The molecule has 1 N–H and O–H groups in total. The van der Waals surface area contributed by atoms with E-state index >= 15 is 0 Å². The maximum absolute atomic E-state index is 8.36. The highest BCUT2D eigenvalue weighted by molar-refractivity contribution is 9.09. The van der Waals surface area contributed by atoms with E-state index in [1.54, 1.807) is 6.08 Å². The molecule has 0 aliphatic heterocycles. The van der Waals surface area contributed by atoms with Crippen LogP contribution in [0.5, 0.6) is 0 Å². The van der Waals surface area contributed by atoms with E-state index in [0.717, 1.165) is 30.0 Å². The zero-order valence-corrected chi connectivity index (χ0v) is 7.76. The van der Waals surface area contributed by atoms with Gasteiger partial charge in [-0.2, -0.15) is 0 Å². The van der Waals surface area contributed by atoms with E-state index in [1.165, 1.54) is 0 Å². The molecule has 0 bridgehead atoms. The summed E-state index contributed by atoms with van der Waals surface area (Å²) in [5.74, 6) is 0. The minimum atomic E-state index is 1.04. The average molecular weight is 205 g/mol. The Hall–Kier alpha value is -0.240. The number of hydrogen-bond acceptors (Lipinski definition) is 1. The van der Waals surface area contributed by atoms with Crippen LogP contribution in [0.4, 0.5) is 0 Å². The van der Waals surface area contributed by atoms with E-state index in [0.29, 0.717) is 0 Å². The van der Waals surface area contributed by atoms with Crippen LogP contribution in [-0.4, -0.2) is 10.4 Å². The van der Waals surface area contributed by atoms with Crippen LogP contribution in [0.15, 0.2) is 24.0 Å². The number of hydrogen-bond donors (Lipinski definition) is 1. The van der Waals surface area contributed by atoms with Crippen molar-refractivity contribution in [1.82, 2.24) is 0 Å². The molecule has 1 nitrogen and oxygen atoms in total. The predicted molar refractivity (Wildman–Crippen MR) is 48.6 cm³/mol. The fourth-order valence-corrected chi connectivity index (χ4v) is 0.916. The van der Waals surface area contributed by atoms with E-state index in [9.17, 15) is 0 Å². The molecule has 0 aliphatic rings. The third kappa shape index (κ3) is 5.89. The van der Waals surface area contributed by atoms with Crippen molar-refractivity contribution in [1.29, 1.82) is 0 Å². The fraction of sp³-hybridized carbons (Fsp3) is 0.500.